The maximum atomic E-state index is 13.5. The average molecular weight is 465 g/mol. The van der Waals surface area contributed by atoms with Crippen molar-refractivity contribution in [2.24, 2.45) is 0 Å². The SMILES string of the molecule is Cc1ccc(N2C(=O)/C(=C3\Sc4c(nc[nH]c4=O)N3c3cccc(C)c3)SC2=S)cc1. The Balaban J connectivity index is 1.66. The fourth-order valence-corrected chi connectivity index (χ4v) is 5.98. The predicted molar refractivity (Wildman–Crippen MR) is 130 cm³/mol. The van der Waals surface area contributed by atoms with Gasteiger partial charge in [0.05, 0.1) is 12.0 Å². The van der Waals surface area contributed by atoms with Crippen molar-refractivity contribution >= 4 is 63.2 Å². The molecule has 3 heterocycles. The van der Waals surface area contributed by atoms with Crippen molar-refractivity contribution in [2.45, 2.75) is 18.7 Å². The molecule has 31 heavy (non-hydrogen) atoms. The Morgan fingerprint density at radius 3 is 2.45 bits per heavy atom. The molecule has 1 aromatic heterocycles. The lowest BCUT2D eigenvalue weighted by Gasteiger charge is -2.21. The van der Waals surface area contributed by atoms with Crippen molar-refractivity contribution in [3.05, 3.63) is 86.3 Å². The van der Waals surface area contributed by atoms with Crippen LogP contribution >= 0.6 is 35.7 Å². The molecular formula is C22H16N4O2S3. The van der Waals surface area contributed by atoms with Crippen molar-refractivity contribution in [3.63, 3.8) is 0 Å². The van der Waals surface area contributed by atoms with E-state index in [-0.39, 0.29) is 11.5 Å². The van der Waals surface area contributed by atoms with Gasteiger partial charge in [-0.3, -0.25) is 19.4 Å². The minimum atomic E-state index is -0.239. The van der Waals surface area contributed by atoms with Gasteiger partial charge in [-0.2, -0.15) is 0 Å². The van der Waals surface area contributed by atoms with Crippen LogP contribution in [0.25, 0.3) is 0 Å². The molecule has 154 valence electrons. The van der Waals surface area contributed by atoms with Crippen LogP contribution in [0.4, 0.5) is 17.2 Å². The Kier molecular flexibility index (Phi) is 4.96. The van der Waals surface area contributed by atoms with Gasteiger partial charge < -0.3 is 4.98 Å². The van der Waals surface area contributed by atoms with Crippen molar-refractivity contribution in [2.75, 3.05) is 9.80 Å². The second-order valence-electron chi connectivity index (χ2n) is 7.14. The van der Waals surface area contributed by atoms with Crippen LogP contribution in [0.2, 0.25) is 0 Å². The summed E-state index contributed by atoms with van der Waals surface area (Å²) in [5, 5.41) is 0.636. The molecule has 2 aliphatic rings. The van der Waals surface area contributed by atoms with Crippen LogP contribution < -0.4 is 15.4 Å². The van der Waals surface area contributed by atoms with Gasteiger partial charge in [0.1, 0.15) is 14.8 Å². The number of benzene rings is 2. The molecule has 0 radical (unpaired) electrons. The Bertz CT molecular complexity index is 1330. The number of carbonyl (C=O) groups excluding carboxylic acids is 1. The number of rotatable bonds is 2. The van der Waals surface area contributed by atoms with Gasteiger partial charge in [-0.1, -0.05) is 65.6 Å². The minimum absolute atomic E-state index is 0.205. The summed E-state index contributed by atoms with van der Waals surface area (Å²) in [5.41, 5.74) is 3.48. The zero-order chi connectivity index (χ0) is 21.7. The summed E-state index contributed by atoms with van der Waals surface area (Å²) in [6.07, 6.45) is 1.38. The van der Waals surface area contributed by atoms with E-state index in [1.54, 1.807) is 0 Å². The maximum absolute atomic E-state index is 13.5. The smallest absolute Gasteiger partial charge is 0.273 e. The van der Waals surface area contributed by atoms with E-state index in [0.717, 1.165) is 22.5 Å². The lowest BCUT2D eigenvalue weighted by Crippen LogP contribution is -2.28. The van der Waals surface area contributed by atoms with Crippen molar-refractivity contribution < 1.29 is 4.79 Å². The molecule has 0 spiro atoms. The van der Waals surface area contributed by atoms with E-state index < -0.39 is 0 Å². The number of thioether (sulfide) groups is 2. The first-order chi connectivity index (χ1) is 14.9. The van der Waals surface area contributed by atoms with Crippen LogP contribution in [0, 0.1) is 13.8 Å². The molecule has 3 aromatic rings. The molecule has 0 aliphatic carbocycles. The Morgan fingerprint density at radius 1 is 0.935 bits per heavy atom. The Hall–Kier alpha value is -2.88. The van der Waals surface area contributed by atoms with Gasteiger partial charge in [0.15, 0.2) is 10.1 Å². The Labute approximate surface area is 192 Å². The number of fused-ring (bicyclic) bond motifs is 1. The summed E-state index contributed by atoms with van der Waals surface area (Å²) in [4.78, 5) is 37.3. The van der Waals surface area contributed by atoms with Gasteiger partial charge in [0, 0.05) is 5.69 Å². The molecule has 1 amide bonds. The number of nitrogens with zero attached hydrogens (tertiary/aromatic N) is 3. The second kappa shape index (κ2) is 7.67. The number of aryl methyl sites for hydroxylation is 2. The number of aromatic nitrogens is 2. The van der Waals surface area contributed by atoms with Crippen LogP contribution in [0.1, 0.15) is 11.1 Å². The summed E-state index contributed by atoms with van der Waals surface area (Å²) in [5.74, 6) is 0.304. The highest BCUT2D eigenvalue weighted by atomic mass is 32.2. The van der Waals surface area contributed by atoms with Crippen LogP contribution in [-0.4, -0.2) is 20.2 Å². The highest BCUT2D eigenvalue weighted by Gasteiger charge is 2.41. The molecule has 0 unspecified atom stereocenters. The number of hydrogen-bond donors (Lipinski definition) is 1. The number of anilines is 3. The number of aromatic amines is 1. The third-order valence-electron chi connectivity index (χ3n) is 4.92. The Morgan fingerprint density at radius 2 is 1.71 bits per heavy atom. The second-order valence-corrected chi connectivity index (χ2v) is 9.78. The van der Waals surface area contributed by atoms with E-state index in [2.05, 4.69) is 9.97 Å². The van der Waals surface area contributed by atoms with Crippen molar-refractivity contribution in [3.8, 4) is 0 Å². The van der Waals surface area contributed by atoms with Gasteiger partial charge in [-0.05, 0) is 43.7 Å². The average Bonchev–Trinajstić information content (AvgIpc) is 3.27. The van der Waals surface area contributed by atoms with Crippen LogP contribution in [0.15, 0.2) is 74.5 Å². The third kappa shape index (κ3) is 3.38. The summed E-state index contributed by atoms with van der Waals surface area (Å²) in [7, 11) is 0. The molecule has 0 saturated carbocycles. The molecule has 2 aliphatic heterocycles. The fraction of sp³-hybridized carbons (Fsp3) is 0.0909. The van der Waals surface area contributed by atoms with Crippen LogP contribution in [0.3, 0.4) is 0 Å². The molecule has 5 rings (SSSR count). The highest BCUT2D eigenvalue weighted by Crippen LogP contribution is 2.52. The number of H-pyrrole nitrogens is 1. The molecule has 1 N–H and O–H groups in total. The number of thiocarbonyl (C=S) groups is 1. The first-order valence-electron chi connectivity index (χ1n) is 9.43. The van der Waals surface area contributed by atoms with Gasteiger partial charge in [-0.15, -0.1) is 0 Å². The largest absolute Gasteiger partial charge is 0.312 e. The monoisotopic (exact) mass is 464 g/mol. The zero-order valence-electron chi connectivity index (χ0n) is 16.6. The summed E-state index contributed by atoms with van der Waals surface area (Å²) < 4.78 is 0.457. The molecule has 1 saturated heterocycles. The summed E-state index contributed by atoms with van der Waals surface area (Å²) >= 11 is 8.04. The standard InChI is InChI=1S/C22H16N4O2S3/c1-12-6-8-14(9-7-12)26-20(28)17(31-22(26)29)21-25(15-5-3-4-13(2)10-15)18-16(30-21)19(27)24-11-23-18/h3-11H,1-2H3,(H,23,24,27)/b21-17+. The first kappa shape index (κ1) is 20.0. The molecule has 9 heteroatoms. The third-order valence-corrected chi connectivity index (χ3v) is 7.56. The summed E-state index contributed by atoms with van der Waals surface area (Å²) in [6, 6.07) is 15.5. The molecule has 2 aromatic carbocycles. The maximum Gasteiger partial charge on any atom is 0.273 e. The normalized spacial score (nSPS) is 18.1. The number of amides is 1. The molecule has 6 nitrogen and oxygen atoms in total. The van der Waals surface area contributed by atoms with Crippen LogP contribution in [0.5, 0.6) is 0 Å². The number of carbonyl (C=O) groups is 1. The van der Waals surface area contributed by atoms with Gasteiger partial charge in [0.2, 0.25) is 0 Å². The molecule has 1 fully saturated rings. The van der Waals surface area contributed by atoms with E-state index in [0.29, 0.717) is 25.0 Å². The molecular weight excluding hydrogens is 448 g/mol. The van der Waals surface area contributed by atoms with Crippen molar-refractivity contribution in [1.82, 2.24) is 9.97 Å². The summed E-state index contributed by atoms with van der Waals surface area (Å²) in [6.45, 7) is 3.99. The van der Waals surface area contributed by atoms with Crippen molar-refractivity contribution in [1.29, 1.82) is 0 Å². The minimum Gasteiger partial charge on any atom is -0.312 e. The first-order valence-corrected chi connectivity index (χ1v) is 11.5. The topological polar surface area (TPSA) is 69.3 Å². The fourth-order valence-electron chi connectivity index (χ4n) is 3.43. The van der Waals surface area contributed by atoms with Crippen LogP contribution in [-0.2, 0) is 4.79 Å². The lowest BCUT2D eigenvalue weighted by molar-refractivity contribution is -0.113. The quantitative estimate of drug-likeness (QED) is 0.429. The van der Waals surface area contributed by atoms with E-state index in [9.17, 15) is 9.59 Å². The van der Waals surface area contributed by atoms with Gasteiger partial charge in [0.25, 0.3) is 11.5 Å². The van der Waals surface area contributed by atoms with Gasteiger partial charge >= 0.3 is 0 Å². The zero-order valence-corrected chi connectivity index (χ0v) is 19.0. The van der Waals surface area contributed by atoms with Gasteiger partial charge in [-0.25, -0.2) is 4.98 Å². The number of nitrogens with one attached hydrogen (secondary N) is 1. The highest BCUT2D eigenvalue weighted by molar-refractivity contribution is 8.27. The van der Waals surface area contributed by atoms with E-state index >= 15 is 0 Å². The lowest BCUT2D eigenvalue weighted by atomic mass is 10.2. The van der Waals surface area contributed by atoms with E-state index in [1.807, 2.05) is 67.3 Å². The number of hydrogen-bond acceptors (Lipinski definition) is 7. The molecule has 0 bridgehead atoms. The predicted octanol–water partition coefficient (Wildman–Crippen LogP) is 4.86. The van der Waals surface area contributed by atoms with E-state index in [1.165, 1.54) is 34.8 Å². The molecule has 0 atom stereocenters. The van der Waals surface area contributed by atoms with E-state index in [4.69, 9.17) is 12.2 Å².